The van der Waals surface area contributed by atoms with Crippen molar-refractivity contribution in [3.63, 3.8) is 0 Å². The second-order valence-electron chi connectivity index (χ2n) is 2.36. The average molecular weight is 217 g/mol. The Hall–Kier alpha value is -0.570. The summed E-state index contributed by atoms with van der Waals surface area (Å²) in [5.41, 5.74) is 0.900. The number of ether oxygens (including phenoxy) is 1. The quantitative estimate of drug-likeness (QED) is 0.664. The molecule has 0 saturated carbocycles. The van der Waals surface area contributed by atoms with E-state index in [2.05, 4.69) is 22.5 Å². The molecule has 1 aliphatic rings. The summed E-state index contributed by atoms with van der Waals surface area (Å²) in [6.07, 6.45) is 1.82. The van der Waals surface area contributed by atoms with Gasteiger partial charge in [0.25, 0.3) is 0 Å². The number of hydrogen-bond donors (Lipinski definition) is 0. The molecule has 1 heterocycles. The summed E-state index contributed by atoms with van der Waals surface area (Å²) in [4.78, 5) is 10.9. The van der Waals surface area contributed by atoms with Gasteiger partial charge in [0, 0.05) is 5.57 Å². The fourth-order valence-corrected chi connectivity index (χ4v) is 1.46. The Morgan fingerprint density at radius 1 is 1.64 bits per heavy atom. The molecule has 0 aromatic rings. The molecule has 0 N–H and O–H groups in total. The van der Waals surface area contributed by atoms with Gasteiger partial charge in [-0.15, -0.1) is 0 Å². The molecule has 0 amide bonds. The first kappa shape index (κ1) is 8.53. The lowest BCUT2D eigenvalue weighted by Crippen LogP contribution is -1.91. The number of cyclic esters (lactones) is 1. The predicted molar refractivity (Wildman–Crippen MR) is 46.1 cm³/mol. The molecular weight excluding hydrogens is 208 g/mol. The van der Waals surface area contributed by atoms with Gasteiger partial charge in [-0.25, -0.2) is 4.79 Å². The first-order valence-electron chi connectivity index (χ1n) is 3.47. The molecule has 11 heavy (non-hydrogen) atoms. The van der Waals surface area contributed by atoms with Gasteiger partial charge in [-0.05, 0) is 22.4 Å². The van der Waals surface area contributed by atoms with Crippen molar-refractivity contribution < 1.29 is 9.53 Å². The zero-order chi connectivity index (χ0) is 8.43. The fraction of sp³-hybridized carbons (Fsp3) is 0.375. The van der Waals surface area contributed by atoms with Gasteiger partial charge in [-0.1, -0.05) is 19.9 Å². The van der Waals surface area contributed by atoms with Gasteiger partial charge >= 0.3 is 5.97 Å². The summed E-state index contributed by atoms with van der Waals surface area (Å²) in [5, 5.41) is 0. The topological polar surface area (TPSA) is 26.3 Å². The Bertz CT molecular complexity index is 240. The highest BCUT2D eigenvalue weighted by Crippen LogP contribution is 2.31. The van der Waals surface area contributed by atoms with E-state index in [1.165, 1.54) is 0 Å². The second kappa shape index (κ2) is 3.22. The van der Waals surface area contributed by atoms with Crippen LogP contribution in [0.15, 0.2) is 22.4 Å². The number of hydrogen-bond acceptors (Lipinski definition) is 2. The third-order valence-electron chi connectivity index (χ3n) is 1.50. The van der Waals surface area contributed by atoms with Gasteiger partial charge in [0.2, 0.25) is 0 Å². The smallest absolute Gasteiger partial charge is 0.351 e. The molecule has 0 aromatic heterocycles. The van der Waals surface area contributed by atoms with Crippen molar-refractivity contribution in [2.75, 3.05) is 0 Å². The predicted octanol–water partition coefficient (Wildman–Crippen LogP) is 2.51. The van der Waals surface area contributed by atoms with Crippen LogP contribution in [0.3, 0.4) is 0 Å². The van der Waals surface area contributed by atoms with E-state index in [-0.39, 0.29) is 5.97 Å². The van der Waals surface area contributed by atoms with Gasteiger partial charge in [0.15, 0.2) is 0 Å². The summed E-state index contributed by atoms with van der Waals surface area (Å²) >= 11 is 3.16. The van der Waals surface area contributed by atoms with Crippen molar-refractivity contribution in [3.8, 4) is 0 Å². The maximum Gasteiger partial charge on any atom is 0.351 e. The van der Waals surface area contributed by atoms with E-state index in [0.29, 0.717) is 10.2 Å². The van der Waals surface area contributed by atoms with Crippen LogP contribution in [-0.4, -0.2) is 5.97 Å². The number of carbonyl (C=O) groups is 1. The van der Waals surface area contributed by atoms with E-state index in [0.717, 1.165) is 18.4 Å². The third-order valence-corrected chi connectivity index (χ3v) is 2.30. The van der Waals surface area contributed by atoms with Crippen molar-refractivity contribution in [1.82, 2.24) is 0 Å². The maximum absolute atomic E-state index is 10.9. The Labute approximate surface area is 74.1 Å². The van der Waals surface area contributed by atoms with Gasteiger partial charge in [0.1, 0.15) is 10.2 Å². The van der Waals surface area contributed by atoms with Crippen molar-refractivity contribution in [2.24, 2.45) is 0 Å². The summed E-state index contributed by atoms with van der Waals surface area (Å²) in [5.74, 6) is 0.169. The van der Waals surface area contributed by atoms with Crippen molar-refractivity contribution >= 4 is 21.9 Å². The van der Waals surface area contributed by atoms with Crippen LogP contribution in [0, 0.1) is 0 Å². The number of halogens is 1. The molecule has 1 rings (SSSR count). The Morgan fingerprint density at radius 3 is 2.64 bits per heavy atom. The molecule has 60 valence electrons. The van der Waals surface area contributed by atoms with E-state index in [1.54, 1.807) is 0 Å². The molecule has 0 unspecified atom stereocenters. The fourth-order valence-electron chi connectivity index (χ4n) is 0.963. The van der Waals surface area contributed by atoms with Crippen LogP contribution >= 0.6 is 15.9 Å². The zero-order valence-corrected chi connectivity index (χ0v) is 7.90. The van der Waals surface area contributed by atoms with Gasteiger partial charge in [-0.2, -0.15) is 0 Å². The van der Waals surface area contributed by atoms with Crippen molar-refractivity contribution in [3.05, 3.63) is 22.4 Å². The zero-order valence-electron chi connectivity index (χ0n) is 6.32. The largest absolute Gasteiger partial charge is 0.423 e. The van der Waals surface area contributed by atoms with E-state index in [9.17, 15) is 4.79 Å². The minimum Gasteiger partial charge on any atom is -0.423 e. The highest BCUT2D eigenvalue weighted by molar-refractivity contribution is 9.12. The molecule has 0 aromatic carbocycles. The Kier molecular flexibility index (Phi) is 2.49. The third kappa shape index (κ3) is 1.53. The lowest BCUT2D eigenvalue weighted by atomic mass is 10.1. The standard InChI is InChI=1S/C8H9BrO2/c1-3-4-6-5(2)11-8(10)7(6)9/h2-4H2,1H3. The molecule has 0 bridgehead atoms. The summed E-state index contributed by atoms with van der Waals surface area (Å²) in [6.45, 7) is 5.67. The normalized spacial score (nSPS) is 17.6. The Balaban J connectivity index is 2.87. The molecule has 0 atom stereocenters. The molecular formula is C8H9BrO2. The molecule has 3 heteroatoms. The molecule has 0 radical (unpaired) electrons. The van der Waals surface area contributed by atoms with Crippen LogP contribution in [0.25, 0.3) is 0 Å². The summed E-state index contributed by atoms with van der Waals surface area (Å²) < 4.78 is 5.32. The summed E-state index contributed by atoms with van der Waals surface area (Å²) in [6, 6.07) is 0. The Morgan fingerprint density at radius 2 is 2.27 bits per heavy atom. The van der Waals surface area contributed by atoms with Crippen molar-refractivity contribution in [2.45, 2.75) is 19.8 Å². The highest BCUT2D eigenvalue weighted by Gasteiger charge is 2.25. The van der Waals surface area contributed by atoms with Crippen LogP contribution in [0.5, 0.6) is 0 Å². The van der Waals surface area contributed by atoms with Gasteiger partial charge < -0.3 is 4.74 Å². The maximum atomic E-state index is 10.9. The summed E-state index contributed by atoms with van der Waals surface area (Å²) in [7, 11) is 0. The van der Waals surface area contributed by atoms with Crippen molar-refractivity contribution in [1.29, 1.82) is 0 Å². The minimum absolute atomic E-state index is 0.321. The first-order valence-corrected chi connectivity index (χ1v) is 4.26. The van der Waals surface area contributed by atoms with Gasteiger partial charge in [-0.3, -0.25) is 0 Å². The minimum atomic E-state index is -0.321. The number of allylic oxidation sites excluding steroid dienone is 1. The van der Waals surface area contributed by atoms with Crippen LogP contribution < -0.4 is 0 Å². The monoisotopic (exact) mass is 216 g/mol. The SMILES string of the molecule is C=C1OC(=O)C(Br)=C1CCC. The average Bonchev–Trinajstić information content (AvgIpc) is 2.17. The lowest BCUT2D eigenvalue weighted by molar-refractivity contribution is -0.132. The molecule has 0 aliphatic carbocycles. The highest BCUT2D eigenvalue weighted by atomic mass is 79.9. The second-order valence-corrected chi connectivity index (χ2v) is 3.15. The number of rotatable bonds is 2. The lowest BCUT2D eigenvalue weighted by Gasteiger charge is -1.97. The van der Waals surface area contributed by atoms with E-state index >= 15 is 0 Å². The van der Waals surface area contributed by atoms with E-state index in [4.69, 9.17) is 4.74 Å². The number of carbonyl (C=O) groups excluding carboxylic acids is 1. The van der Waals surface area contributed by atoms with E-state index < -0.39 is 0 Å². The number of esters is 1. The van der Waals surface area contributed by atoms with E-state index in [1.807, 2.05) is 6.92 Å². The molecule has 0 fully saturated rings. The van der Waals surface area contributed by atoms with Crippen LogP contribution in [0.4, 0.5) is 0 Å². The molecule has 2 nitrogen and oxygen atoms in total. The van der Waals surface area contributed by atoms with Crippen LogP contribution in [0.1, 0.15) is 19.8 Å². The van der Waals surface area contributed by atoms with Gasteiger partial charge in [0.05, 0.1) is 0 Å². The molecule has 0 spiro atoms. The van der Waals surface area contributed by atoms with Crippen LogP contribution in [-0.2, 0) is 9.53 Å². The van der Waals surface area contributed by atoms with Crippen LogP contribution in [0.2, 0.25) is 0 Å². The molecule has 0 saturated heterocycles. The first-order chi connectivity index (χ1) is 5.16. The molecule has 1 aliphatic heterocycles.